The Morgan fingerprint density at radius 1 is 1.17 bits per heavy atom. The monoisotopic (exact) mass is 410 g/mol. The highest BCUT2D eigenvalue weighted by Crippen LogP contribution is 2.23. The van der Waals surface area contributed by atoms with E-state index in [0.29, 0.717) is 17.6 Å². The number of nitrogens with zero attached hydrogens (tertiary/aromatic N) is 1. The van der Waals surface area contributed by atoms with Crippen LogP contribution < -0.4 is 5.14 Å². The van der Waals surface area contributed by atoms with Crippen molar-refractivity contribution in [3.8, 4) is 0 Å². The van der Waals surface area contributed by atoms with Crippen molar-refractivity contribution in [1.82, 2.24) is 4.90 Å². The molecule has 0 heterocycles. The molecule has 5 nitrogen and oxygen atoms in total. The van der Waals surface area contributed by atoms with E-state index in [1.54, 1.807) is 4.90 Å². The van der Waals surface area contributed by atoms with Crippen molar-refractivity contribution in [2.45, 2.75) is 24.8 Å². The molecular weight excluding hydrogens is 392 g/mol. The van der Waals surface area contributed by atoms with Crippen LogP contribution in [0.5, 0.6) is 0 Å². The number of primary sulfonamides is 1. The third-order valence-electron chi connectivity index (χ3n) is 3.49. The Kier molecular flexibility index (Phi) is 6.15. The molecule has 0 aliphatic carbocycles. The summed E-state index contributed by atoms with van der Waals surface area (Å²) in [6.45, 7) is 3.01. The van der Waals surface area contributed by atoms with Gasteiger partial charge in [-0.25, -0.2) is 13.6 Å². The molecule has 0 atom stereocenters. The first kappa shape index (κ1) is 18.6. The number of amides is 1. The maximum absolute atomic E-state index is 12.9. The fraction of sp³-hybridized carbons (Fsp3) is 0.235. The number of halogens is 1. The lowest BCUT2D eigenvalue weighted by molar-refractivity contribution is 0.0742. The first-order valence-electron chi connectivity index (χ1n) is 7.48. The van der Waals surface area contributed by atoms with Crippen LogP contribution in [0.1, 0.15) is 29.3 Å². The quantitative estimate of drug-likeness (QED) is 0.793. The summed E-state index contributed by atoms with van der Waals surface area (Å²) in [5, 5.41) is 5.17. The molecule has 0 unspecified atom stereocenters. The van der Waals surface area contributed by atoms with E-state index in [-0.39, 0.29) is 16.4 Å². The van der Waals surface area contributed by atoms with Gasteiger partial charge in [-0.05, 0) is 46.1 Å². The standard InChI is InChI=1S/C17H19BrN2O3S/c1-2-10-20(12-13-6-4-3-5-7-13)17(21)15-11-14(24(19,22)23)8-9-16(15)18/h3-9,11H,2,10,12H2,1H3,(H2,19,22,23). The second kappa shape index (κ2) is 7.92. The molecule has 0 aromatic heterocycles. The zero-order chi connectivity index (χ0) is 17.7. The van der Waals surface area contributed by atoms with Crippen LogP contribution in [0, 0.1) is 0 Å². The average molecular weight is 411 g/mol. The minimum absolute atomic E-state index is 0.0785. The number of carbonyl (C=O) groups excluding carboxylic acids is 1. The SMILES string of the molecule is CCCN(Cc1ccccc1)C(=O)c1cc(S(N)(=O)=O)ccc1Br. The number of rotatable bonds is 6. The van der Waals surface area contributed by atoms with Crippen LogP contribution in [0.4, 0.5) is 0 Å². The number of sulfonamides is 1. The van der Waals surface area contributed by atoms with Gasteiger partial charge in [0.05, 0.1) is 10.5 Å². The van der Waals surface area contributed by atoms with Crippen LogP contribution in [-0.4, -0.2) is 25.8 Å². The highest BCUT2D eigenvalue weighted by Gasteiger charge is 2.20. The molecule has 0 aliphatic rings. The third kappa shape index (κ3) is 4.66. The minimum atomic E-state index is -3.86. The van der Waals surface area contributed by atoms with Crippen molar-refractivity contribution < 1.29 is 13.2 Å². The Balaban J connectivity index is 2.36. The van der Waals surface area contributed by atoms with Gasteiger partial charge < -0.3 is 4.90 Å². The Labute approximate surface area is 150 Å². The zero-order valence-electron chi connectivity index (χ0n) is 13.3. The second-order valence-corrected chi connectivity index (χ2v) is 7.81. The molecule has 0 spiro atoms. The Hall–Kier alpha value is -1.70. The van der Waals surface area contributed by atoms with Crippen LogP contribution in [-0.2, 0) is 16.6 Å². The van der Waals surface area contributed by atoms with Crippen LogP contribution in [0.2, 0.25) is 0 Å². The predicted octanol–water partition coefficient (Wildman–Crippen LogP) is 3.15. The number of hydrogen-bond acceptors (Lipinski definition) is 3. The van der Waals surface area contributed by atoms with E-state index < -0.39 is 10.0 Å². The summed E-state index contributed by atoms with van der Waals surface area (Å²) < 4.78 is 23.6. The van der Waals surface area contributed by atoms with Gasteiger partial charge in [-0.3, -0.25) is 4.79 Å². The van der Waals surface area contributed by atoms with Crippen molar-refractivity contribution >= 4 is 31.9 Å². The first-order valence-corrected chi connectivity index (χ1v) is 9.82. The van der Waals surface area contributed by atoms with Crippen molar-refractivity contribution in [3.63, 3.8) is 0 Å². The Morgan fingerprint density at radius 3 is 2.42 bits per heavy atom. The molecule has 0 saturated heterocycles. The van der Waals surface area contributed by atoms with E-state index in [4.69, 9.17) is 5.14 Å². The molecule has 128 valence electrons. The highest BCUT2D eigenvalue weighted by molar-refractivity contribution is 9.10. The van der Waals surface area contributed by atoms with Crippen LogP contribution in [0.25, 0.3) is 0 Å². The molecule has 0 aliphatic heterocycles. The maximum Gasteiger partial charge on any atom is 0.255 e. The molecule has 0 bridgehead atoms. The summed E-state index contributed by atoms with van der Waals surface area (Å²) in [5.74, 6) is -0.238. The summed E-state index contributed by atoms with van der Waals surface area (Å²) in [5.41, 5.74) is 1.30. The number of hydrogen-bond donors (Lipinski definition) is 1. The zero-order valence-corrected chi connectivity index (χ0v) is 15.7. The summed E-state index contributed by atoms with van der Waals surface area (Å²) in [6, 6.07) is 13.9. The average Bonchev–Trinajstić information content (AvgIpc) is 2.54. The summed E-state index contributed by atoms with van der Waals surface area (Å²) in [4.78, 5) is 14.5. The number of carbonyl (C=O) groups is 1. The molecular formula is C17H19BrN2O3S. The molecule has 2 rings (SSSR count). The van der Waals surface area contributed by atoms with Crippen LogP contribution in [0.15, 0.2) is 57.9 Å². The van der Waals surface area contributed by atoms with Crippen molar-refractivity contribution in [1.29, 1.82) is 0 Å². The highest BCUT2D eigenvalue weighted by atomic mass is 79.9. The van der Waals surface area contributed by atoms with Gasteiger partial charge in [0.25, 0.3) is 5.91 Å². The first-order chi connectivity index (χ1) is 11.3. The predicted molar refractivity (Wildman–Crippen MR) is 97.0 cm³/mol. The lowest BCUT2D eigenvalue weighted by Crippen LogP contribution is -2.31. The van der Waals surface area contributed by atoms with E-state index in [0.717, 1.165) is 12.0 Å². The molecule has 24 heavy (non-hydrogen) atoms. The second-order valence-electron chi connectivity index (χ2n) is 5.40. The Bertz CT molecular complexity index is 823. The van der Waals surface area contributed by atoms with E-state index >= 15 is 0 Å². The van der Waals surface area contributed by atoms with Gasteiger partial charge in [0.15, 0.2) is 0 Å². The van der Waals surface area contributed by atoms with Crippen LogP contribution >= 0.6 is 15.9 Å². The van der Waals surface area contributed by atoms with E-state index in [2.05, 4.69) is 15.9 Å². The van der Waals surface area contributed by atoms with Crippen molar-refractivity contribution in [3.05, 3.63) is 64.1 Å². The largest absolute Gasteiger partial charge is 0.334 e. The van der Waals surface area contributed by atoms with Gasteiger partial charge in [-0.2, -0.15) is 0 Å². The van der Waals surface area contributed by atoms with Gasteiger partial charge in [0, 0.05) is 17.6 Å². The summed E-state index contributed by atoms with van der Waals surface area (Å²) in [7, 11) is -3.86. The molecule has 2 aromatic rings. The topological polar surface area (TPSA) is 80.5 Å². The fourth-order valence-corrected chi connectivity index (χ4v) is 3.30. The van der Waals surface area contributed by atoms with Gasteiger partial charge in [0.1, 0.15) is 0 Å². The maximum atomic E-state index is 12.9. The third-order valence-corrected chi connectivity index (χ3v) is 5.10. The van der Waals surface area contributed by atoms with E-state index in [1.807, 2.05) is 37.3 Å². The summed E-state index contributed by atoms with van der Waals surface area (Å²) >= 11 is 3.32. The van der Waals surface area contributed by atoms with Crippen molar-refractivity contribution in [2.75, 3.05) is 6.54 Å². The van der Waals surface area contributed by atoms with Gasteiger partial charge >= 0.3 is 0 Å². The lowest BCUT2D eigenvalue weighted by Gasteiger charge is -2.23. The normalized spacial score (nSPS) is 11.3. The van der Waals surface area contributed by atoms with Gasteiger partial charge in [-0.15, -0.1) is 0 Å². The number of nitrogens with two attached hydrogens (primary N) is 1. The molecule has 0 saturated carbocycles. The number of benzene rings is 2. The minimum Gasteiger partial charge on any atom is -0.334 e. The molecule has 0 fully saturated rings. The fourth-order valence-electron chi connectivity index (χ4n) is 2.34. The van der Waals surface area contributed by atoms with Gasteiger partial charge in [0.2, 0.25) is 10.0 Å². The van der Waals surface area contributed by atoms with E-state index in [1.165, 1.54) is 18.2 Å². The molecule has 1 amide bonds. The smallest absolute Gasteiger partial charge is 0.255 e. The molecule has 2 aromatic carbocycles. The van der Waals surface area contributed by atoms with Crippen LogP contribution in [0.3, 0.4) is 0 Å². The molecule has 7 heteroatoms. The lowest BCUT2D eigenvalue weighted by atomic mass is 10.1. The molecule has 2 N–H and O–H groups in total. The Morgan fingerprint density at radius 2 is 1.83 bits per heavy atom. The van der Waals surface area contributed by atoms with Gasteiger partial charge in [-0.1, -0.05) is 37.3 Å². The van der Waals surface area contributed by atoms with Crippen molar-refractivity contribution in [2.24, 2.45) is 5.14 Å². The molecule has 0 radical (unpaired) electrons. The van der Waals surface area contributed by atoms with E-state index in [9.17, 15) is 13.2 Å². The summed E-state index contributed by atoms with van der Waals surface area (Å²) in [6.07, 6.45) is 0.797.